The van der Waals surface area contributed by atoms with Crippen LogP contribution in [0.2, 0.25) is 0 Å². The molecule has 0 bridgehead atoms. The molecule has 12 heteroatoms. The van der Waals surface area contributed by atoms with Gasteiger partial charge in [-0.3, -0.25) is 14.4 Å². The van der Waals surface area contributed by atoms with Crippen LogP contribution in [0.5, 0.6) is 0 Å². The minimum atomic E-state index is 0.189. The second kappa shape index (κ2) is 11.1. The zero-order chi connectivity index (χ0) is 26.1. The average molecular weight is 540 g/mol. The van der Waals surface area contributed by atoms with Gasteiger partial charge in [0.1, 0.15) is 5.82 Å². The van der Waals surface area contributed by atoms with Crippen molar-refractivity contribution in [2.75, 3.05) is 50.0 Å². The fourth-order valence-corrected chi connectivity index (χ4v) is 6.79. The zero-order valence-electron chi connectivity index (χ0n) is 22.2. The summed E-state index contributed by atoms with van der Waals surface area (Å²) in [5, 5.41) is 12.7. The summed E-state index contributed by atoms with van der Waals surface area (Å²) in [5.41, 5.74) is 1.84. The number of aryl methyl sites for hydroxylation is 1. The summed E-state index contributed by atoms with van der Waals surface area (Å²) < 4.78 is 12.1. The minimum absolute atomic E-state index is 0.189. The van der Waals surface area contributed by atoms with Crippen LogP contribution in [0.4, 0.5) is 17.5 Å². The summed E-state index contributed by atoms with van der Waals surface area (Å²) in [4.78, 5) is 26.8. The standard InChI is InChI=1S/C26H37N9O2S/c1-17-23-24(28-19-3-5-21(6-4-19)34-11-9-33(10-12-34)18(2)36)30-26(31-25(23)38-32-17)29-20-15-27-35(16-20)22-7-13-37-14-8-22/h15-16,19,21-22H,3-14H2,1-2H3,(H2,28,29,30,31). The molecule has 2 aliphatic heterocycles. The molecule has 0 radical (unpaired) electrons. The summed E-state index contributed by atoms with van der Waals surface area (Å²) in [7, 11) is 0. The van der Waals surface area contributed by atoms with E-state index in [2.05, 4.69) is 25.0 Å². The predicted octanol–water partition coefficient (Wildman–Crippen LogP) is 3.57. The first-order valence-electron chi connectivity index (χ1n) is 13.8. The topological polar surface area (TPSA) is 113 Å². The number of anilines is 3. The fraction of sp³-hybridized carbons (Fsp3) is 0.654. The molecule has 1 amide bonds. The van der Waals surface area contributed by atoms with Crippen molar-refractivity contribution in [3.63, 3.8) is 0 Å². The quantitative estimate of drug-likeness (QED) is 0.485. The summed E-state index contributed by atoms with van der Waals surface area (Å²) in [6.07, 6.45) is 10.3. The number of rotatable bonds is 6. The number of carbonyl (C=O) groups is 1. The Kier molecular flexibility index (Phi) is 7.44. The summed E-state index contributed by atoms with van der Waals surface area (Å²) in [5.74, 6) is 1.61. The highest BCUT2D eigenvalue weighted by Gasteiger charge is 2.29. The van der Waals surface area contributed by atoms with Crippen molar-refractivity contribution in [1.29, 1.82) is 0 Å². The molecule has 2 N–H and O–H groups in total. The van der Waals surface area contributed by atoms with Gasteiger partial charge in [0.25, 0.3) is 0 Å². The van der Waals surface area contributed by atoms with Gasteiger partial charge in [-0.2, -0.15) is 19.4 Å². The minimum Gasteiger partial charge on any atom is -0.381 e. The number of aromatic nitrogens is 5. The summed E-state index contributed by atoms with van der Waals surface area (Å²) in [6, 6.07) is 1.34. The molecule has 11 nitrogen and oxygen atoms in total. The van der Waals surface area contributed by atoms with Crippen molar-refractivity contribution in [2.24, 2.45) is 0 Å². The molecule has 3 aromatic heterocycles. The van der Waals surface area contributed by atoms with E-state index in [1.165, 1.54) is 11.5 Å². The molecule has 0 unspecified atom stereocenters. The molecule has 6 rings (SSSR count). The van der Waals surface area contributed by atoms with E-state index in [-0.39, 0.29) is 5.91 Å². The molecular formula is C26H37N9O2S. The van der Waals surface area contributed by atoms with Gasteiger partial charge in [-0.1, -0.05) is 0 Å². The van der Waals surface area contributed by atoms with Crippen molar-refractivity contribution in [3.05, 3.63) is 18.1 Å². The van der Waals surface area contributed by atoms with Crippen LogP contribution < -0.4 is 10.6 Å². The van der Waals surface area contributed by atoms with Gasteiger partial charge in [-0.25, -0.2) is 0 Å². The van der Waals surface area contributed by atoms with Crippen molar-refractivity contribution in [3.8, 4) is 0 Å². The second-order valence-electron chi connectivity index (χ2n) is 10.7. The Morgan fingerprint density at radius 2 is 1.79 bits per heavy atom. The molecule has 2 saturated heterocycles. The maximum atomic E-state index is 11.7. The van der Waals surface area contributed by atoms with Crippen LogP contribution in [-0.2, 0) is 9.53 Å². The van der Waals surface area contributed by atoms with Crippen molar-refractivity contribution in [1.82, 2.24) is 33.9 Å². The van der Waals surface area contributed by atoms with Gasteiger partial charge < -0.3 is 20.3 Å². The predicted molar refractivity (Wildman–Crippen MR) is 148 cm³/mol. The monoisotopic (exact) mass is 539 g/mol. The van der Waals surface area contributed by atoms with Gasteiger partial charge in [0.2, 0.25) is 11.9 Å². The molecule has 1 saturated carbocycles. The van der Waals surface area contributed by atoms with E-state index < -0.39 is 0 Å². The van der Waals surface area contributed by atoms with Crippen LogP contribution in [0, 0.1) is 6.92 Å². The fourth-order valence-electron chi connectivity index (χ4n) is 6.01. The Morgan fingerprint density at radius 1 is 1.03 bits per heavy atom. The molecule has 3 fully saturated rings. The number of hydrogen-bond acceptors (Lipinski definition) is 10. The molecule has 204 valence electrons. The SMILES string of the molecule is CC(=O)N1CCN(C2CCC(Nc3nc(Nc4cnn(C5CCOCC5)c4)nc4snc(C)c34)CC2)CC1. The highest BCUT2D eigenvalue weighted by Crippen LogP contribution is 2.32. The lowest BCUT2D eigenvalue weighted by Gasteiger charge is -2.42. The lowest BCUT2D eigenvalue weighted by Crippen LogP contribution is -2.52. The lowest BCUT2D eigenvalue weighted by molar-refractivity contribution is -0.131. The van der Waals surface area contributed by atoms with Crippen LogP contribution in [0.15, 0.2) is 12.4 Å². The van der Waals surface area contributed by atoms with Crippen molar-refractivity contribution < 1.29 is 9.53 Å². The number of ether oxygens (including phenoxy) is 1. The summed E-state index contributed by atoms with van der Waals surface area (Å²) >= 11 is 1.41. The number of nitrogens with zero attached hydrogens (tertiary/aromatic N) is 7. The van der Waals surface area contributed by atoms with E-state index in [4.69, 9.17) is 14.7 Å². The number of piperazine rings is 1. The van der Waals surface area contributed by atoms with Crippen LogP contribution in [-0.4, -0.2) is 91.3 Å². The van der Waals surface area contributed by atoms with E-state index >= 15 is 0 Å². The zero-order valence-corrected chi connectivity index (χ0v) is 23.0. The Morgan fingerprint density at radius 3 is 2.53 bits per heavy atom. The van der Waals surface area contributed by atoms with Gasteiger partial charge in [-0.05, 0) is 57.0 Å². The van der Waals surface area contributed by atoms with Crippen LogP contribution in [0.1, 0.15) is 57.2 Å². The number of amides is 1. The highest BCUT2D eigenvalue weighted by atomic mass is 32.1. The molecule has 0 spiro atoms. The Hall–Kier alpha value is -2.83. The van der Waals surface area contributed by atoms with Gasteiger partial charge in [0.05, 0.1) is 29.0 Å². The molecule has 38 heavy (non-hydrogen) atoms. The number of nitrogens with one attached hydrogen (secondary N) is 2. The maximum absolute atomic E-state index is 11.7. The third kappa shape index (κ3) is 5.48. The highest BCUT2D eigenvalue weighted by molar-refractivity contribution is 7.13. The normalized spacial score (nSPS) is 23.6. The molecule has 1 aliphatic carbocycles. The molecule has 0 aromatic carbocycles. The lowest BCUT2D eigenvalue weighted by atomic mass is 9.89. The van der Waals surface area contributed by atoms with Crippen LogP contribution in [0.3, 0.4) is 0 Å². The van der Waals surface area contributed by atoms with Gasteiger partial charge >= 0.3 is 0 Å². The van der Waals surface area contributed by atoms with E-state index in [0.29, 0.717) is 24.1 Å². The van der Waals surface area contributed by atoms with Gasteiger partial charge in [0.15, 0.2) is 4.83 Å². The first-order valence-corrected chi connectivity index (χ1v) is 14.6. The Balaban J connectivity index is 1.11. The van der Waals surface area contributed by atoms with Gasteiger partial charge in [-0.15, -0.1) is 0 Å². The first kappa shape index (κ1) is 25.4. The van der Waals surface area contributed by atoms with Gasteiger partial charge in [0, 0.05) is 64.6 Å². The molecule has 3 aliphatic rings. The van der Waals surface area contributed by atoms with E-state index in [9.17, 15) is 4.79 Å². The maximum Gasteiger partial charge on any atom is 0.230 e. The Labute approximate surface area is 227 Å². The Bertz CT molecular complexity index is 1250. The molecular weight excluding hydrogens is 502 g/mol. The molecule has 3 aromatic rings. The number of fused-ring (bicyclic) bond motifs is 1. The van der Waals surface area contributed by atoms with Crippen molar-refractivity contribution >= 4 is 45.1 Å². The van der Waals surface area contributed by atoms with E-state index in [0.717, 1.165) is 105 Å². The van der Waals surface area contributed by atoms with Crippen LogP contribution >= 0.6 is 11.5 Å². The van der Waals surface area contributed by atoms with E-state index in [1.54, 1.807) is 6.92 Å². The van der Waals surface area contributed by atoms with Crippen LogP contribution in [0.25, 0.3) is 10.2 Å². The van der Waals surface area contributed by atoms with E-state index in [1.807, 2.05) is 28.9 Å². The summed E-state index contributed by atoms with van der Waals surface area (Å²) in [6.45, 7) is 8.92. The average Bonchev–Trinajstić information content (AvgIpc) is 3.56. The smallest absolute Gasteiger partial charge is 0.230 e. The number of hydrogen-bond donors (Lipinski definition) is 2. The largest absolute Gasteiger partial charge is 0.381 e. The third-order valence-electron chi connectivity index (χ3n) is 8.24. The second-order valence-corrected chi connectivity index (χ2v) is 11.5. The van der Waals surface area contributed by atoms with Crippen molar-refractivity contribution in [2.45, 2.75) is 70.5 Å². The molecule has 5 heterocycles. The first-order chi connectivity index (χ1) is 18.5. The molecule has 0 atom stereocenters. The third-order valence-corrected chi connectivity index (χ3v) is 9.08. The number of carbonyl (C=O) groups excluding carboxylic acids is 1.